The molecule has 0 atom stereocenters. The molecular weight excluding hydrogens is 373 g/mol. The van der Waals surface area contributed by atoms with E-state index in [-0.39, 0.29) is 0 Å². The normalized spacial score (nSPS) is 11.0. The Hall–Kier alpha value is -2.14. The molecule has 0 saturated carbocycles. The molecule has 0 saturated heterocycles. The number of hydrogen-bond acceptors (Lipinski definition) is 4. The molecule has 0 spiro atoms. The molecule has 0 fully saturated rings. The van der Waals surface area contributed by atoms with E-state index < -0.39 is 0 Å². The van der Waals surface area contributed by atoms with Crippen LogP contribution in [0.2, 0.25) is 10.0 Å². The van der Waals surface area contributed by atoms with Crippen LogP contribution in [0, 0.1) is 6.92 Å². The van der Waals surface area contributed by atoms with Crippen LogP contribution >= 0.6 is 34.5 Å². The van der Waals surface area contributed by atoms with Gasteiger partial charge in [0.1, 0.15) is 5.82 Å². The van der Waals surface area contributed by atoms with Crippen molar-refractivity contribution in [3.05, 3.63) is 69.5 Å². The molecule has 0 amide bonds. The first kappa shape index (κ1) is 16.3. The number of anilines is 2. The smallest absolute Gasteiger partial charge is 0.173 e. The second-order valence-corrected chi connectivity index (χ2v) is 7.35. The van der Waals surface area contributed by atoms with Crippen LogP contribution in [-0.2, 0) is 0 Å². The van der Waals surface area contributed by atoms with Gasteiger partial charge in [0.25, 0.3) is 0 Å². The van der Waals surface area contributed by atoms with E-state index in [0.717, 1.165) is 32.8 Å². The van der Waals surface area contributed by atoms with Crippen molar-refractivity contribution < 1.29 is 0 Å². The van der Waals surface area contributed by atoms with E-state index >= 15 is 0 Å². The van der Waals surface area contributed by atoms with Crippen molar-refractivity contribution in [1.29, 1.82) is 0 Å². The lowest BCUT2D eigenvalue weighted by Gasteiger charge is -2.12. The summed E-state index contributed by atoms with van der Waals surface area (Å²) < 4.78 is 0. The molecule has 25 heavy (non-hydrogen) atoms. The predicted octanol–water partition coefficient (Wildman–Crippen LogP) is 6.72. The van der Waals surface area contributed by atoms with Gasteiger partial charge < -0.3 is 5.32 Å². The summed E-state index contributed by atoms with van der Waals surface area (Å²) in [5, 5.41) is 7.68. The number of halogens is 2. The average Bonchev–Trinajstić information content (AvgIpc) is 3.03. The maximum atomic E-state index is 6.28. The highest BCUT2D eigenvalue weighted by Gasteiger charge is 2.13. The Labute approximate surface area is 159 Å². The van der Waals surface area contributed by atoms with Crippen molar-refractivity contribution in [2.75, 3.05) is 5.32 Å². The minimum absolute atomic E-state index is 0.618. The van der Waals surface area contributed by atoms with E-state index in [1.807, 2.05) is 60.8 Å². The van der Waals surface area contributed by atoms with Crippen molar-refractivity contribution in [3.8, 4) is 10.7 Å². The minimum Gasteiger partial charge on any atom is -0.339 e. The van der Waals surface area contributed by atoms with Gasteiger partial charge in [0.15, 0.2) is 5.82 Å². The average molecular weight is 386 g/mol. The van der Waals surface area contributed by atoms with Crippen LogP contribution in [0.25, 0.3) is 21.6 Å². The number of aryl methyl sites for hydroxylation is 1. The van der Waals surface area contributed by atoms with E-state index in [4.69, 9.17) is 28.2 Å². The summed E-state index contributed by atoms with van der Waals surface area (Å²) in [5.41, 5.74) is 2.87. The molecule has 0 aliphatic rings. The first-order valence-electron chi connectivity index (χ1n) is 7.65. The third kappa shape index (κ3) is 3.21. The van der Waals surface area contributed by atoms with Gasteiger partial charge in [0.05, 0.1) is 15.4 Å². The van der Waals surface area contributed by atoms with Gasteiger partial charge in [-0.3, -0.25) is 0 Å². The minimum atomic E-state index is 0.618. The predicted molar refractivity (Wildman–Crippen MR) is 107 cm³/mol. The molecule has 0 radical (unpaired) electrons. The topological polar surface area (TPSA) is 37.8 Å². The van der Waals surface area contributed by atoms with Crippen LogP contribution in [0.3, 0.4) is 0 Å². The van der Waals surface area contributed by atoms with Crippen LogP contribution in [0.5, 0.6) is 0 Å². The zero-order valence-corrected chi connectivity index (χ0v) is 15.6. The Kier molecular flexibility index (Phi) is 4.34. The van der Waals surface area contributed by atoms with Crippen molar-refractivity contribution >= 4 is 56.9 Å². The number of aromatic nitrogens is 2. The van der Waals surface area contributed by atoms with Gasteiger partial charge in [-0.25, -0.2) is 9.97 Å². The fraction of sp³-hybridized carbons (Fsp3) is 0.0526. The second kappa shape index (κ2) is 6.64. The summed E-state index contributed by atoms with van der Waals surface area (Å²) in [7, 11) is 0. The summed E-state index contributed by atoms with van der Waals surface area (Å²) in [4.78, 5) is 10.3. The fourth-order valence-electron chi connectivity index (χ4n) is 2.62. The number of hydrogen-bond donors (Lipinski definition) is 1. The van der Waals surface area contributed by atoms with Crippen LogP contribution < -0.4 is 5.32 Å². The van der Waals surface area contributed by atoms with Crippen LogP contribution in [0.4, 0.5) is 11.5 Å². The lowest BCUT2D eigenvalue weighted by Crippen LogP contribution is -2.00. The highest BCUT2D eigenvalue weighted by molar-refractivity contribution is 7.14. The second-order valence-electron chi connectivity index (χ2n) is 5.59. The molecule has 1 N–H and O–H groups in total. The van der Waals surface area contributed by atoms with Gasteiger partial charge in [-0.05, 0) is 54.3 Å². The van der Waals surface area contributed by atoms with Crippen LogP contribution in [0.15, 0.2) is 53.9 Å². The summed E-state index contributed by atoms with van der Waals surface area (Å²) in [6.45, 7) is 2.01. The highest BCUT2D eigenvalue weighted by Crippen LogP contribution is 2.34. The molecule has 6 heteroatoms. The van der Waals surface area contributed by atoms with E-state index in [1.54, 1.807) is 0 Å². The third-order valence-corrected chi connectivity index (χ3v) is 5.44. The molecule has 0 unspecified atom stereocenters. The molecule has 2 aromatic heterocycles. The first-order chi connectivity index (χ1) is 12.1. The number of thiophene rings is 1. The lowest BCUT2D eigenvalue weighted by molar-refractivity contribution is 1.23. The standard InChI is InChI=1S/C19H13Cl2N3S/c1-11-10-12(20)6-7-15(11)22-18-13-4-2-3-5-16(13)23-19(24-18)17-14(21)8-9-25-17/h2-10H,1H3,(H,22,23,24). The fourth-order valence-corrected chi connectivity index (χ4v) is 3.92. The number of para-hydroxylation sites is 1. The summed E-state index contributed by atoms with van der Waals surface area (Å²) in [6.07, 6.45) is 0. The van der Waals surface area contributed by atoms with Gasteiger partial charge in [0, 0.05) is 16.1 Å². The largest absolute Gasteiger partial charge is 0.339 e. The molecule has 4 rings (SSSR count). The molecule has 0 aliphatic heterocycles. The lowest BCUT2D eigenvalue weighted by atomic mass is 10.2. The molecule has 0 bridgehead atoms. The number of rotatable bonds is 3. The Morgan fingerprint density at radius 2 is 1.84 bits per heavy atom. The van der Waals surface area contributed by atoms with E-state index in [1.165, 1.54) is 11.3 Å². The van der Waals surface area contributed by atoms with Gasteiger partial charge in [-0.15, -0.1) is 11.3 Å². The van der Waals surface area contributed by atoms with Crippen molar-refractivity contribution in [3.63, 3.8) is 0 Å². The molecule has 3 nitrogen and oxygen atoms in total. The number of fused-ring (bicyclic) bond motifs is 1. The molecule has 2 heterocycles. The number of nitrogens with one attached hydrogen (secondary N) is 1. The number of nitrogens with zero attached hydrogens (tertiary/aromatic N) is 2. The summed E-state index contributed by atoms with van der Waals surface area (Å²) in [6, 6.07) is 15.5. The molecule has 124 valence electrons. The van der Waals surface area contributed by atoms with Crippen molar-refractivity contribution in [2.24, 2.45) is 0 Å². The van der Waals surface area contributed by atoms with Crippen LogP contribution in [0.1, 0.15) is 5.56 Å². The van der Waals surface area contributed by atoms with E-state index in [9.17, 15) is 0 Å². The SMILES string of the molecule is Cc1cc(Cl)ccc1Nc1nc(-c2sccc2Cl)nc2ccccc12. The first-order valence-corrected chi connectivity index (χ1v) is 9.29. The molecule has 4 aromatic rings. The maximum Gasteiger partial charge on any atom is 0.173 e. The quantitative estimate of drug-likeness (QED) is 0.425. The van der Waals surface area contributed by atoms with Crippen molar-refractivity contribution in [2.45, 2.75) is 6.92 Å². The van der Waals surface area contributed by atoms with E-state index in [2.05, 4.69) is 10.3 Å². The third-order valence-electron chi connectivity index (χ3n) is 3.87. The summed E-state index contributed by atoms with van der Waals surface area (Å²) in [5.74, 6) is 1.36. The Morgan fingerprint density at radius 1 is 1.00 bits per heavy atom. The van der Waals surface area contributed by atoms with Gasteiger partial charge in [0.2, 0.25) is 0 Å². The van der Waals surface area contributed by atoms with Crippen molar-refractivity contribution in [1.82, 2.24) is 9.97 Å². The number of benzene rings is 2. The Balaban J connectivity index is 1.88. The maximum absolute atomic E-state index is 6.28. The molecular formula is C19H13Cl2N3S. The Bertz CT molecular complexity index is 1080. The van der Waals surface area contributed by atoms with Gasteiger partial charge in [-0.1, -0.05) is 35.3 Å². The summed E-state index contributed by atoms with van der Waals surface area (Å²) >= 11 is 13.9. The van der Waals surface area contributed by atoms with Crippen LogP contribution in [-0.4, -0.2) is 9.97 Å². The van der Waals surface area contributed by atoms with Gasteiger partial charge in [-0.2, -0.15) is 0 Å². The molecule has 0 aliphatic carbocycles. The zero-order valence-electron chi connectivity index (χ0n) is 13.3. The monoisotopic (exact) mass is 385 g/mol. The van der Waals surface area contributed by atoms with Gasteiger partial charge >= 0.3 is 0 Å². The zero-order chi connectivity index (χ0) is 17.4. The molecule has 2 aromatic carbocycles. The van der Waals surface area contributed by atoms with E-state index in [0.29, 0.717) is 15.9 Å². The Morgan fingerprint density at radius 3 is 2.60 bits per heavy atom. The highest BCUT2D eigenvalue weighted by atomic mass is 35.5.